The summed E-state index contributed by atoms with van der Waals surface area (Å²) in [6.45, 7) is 1.90. The summed E-state index contributed by atoms with van der Waals surface area (Å²) in [4.78, 5) is 27.1. The number of likely N-dealkylation sites (tertiary alicyclic amines) is 1. The number of hydrogen-bond donors (Lipinski definition) is 2. The van der Waals surface area contributed by atoms with Crippen LogP contribution in [0.25, 0.3) is 0 Å². The molecule has 2 aliphatic heterocycles. The number of ether oxygens (including phenoxy) is 1. The maximum Gasteiger partial charge on any atom is 0.320 e. The van der Waals surface area contributed by atoms with Crippen LogP contribution in [0, 0.1) is 0 Å². The number of morpholine rings is 1. The van der Waals surface area contributed by atoms with E-state index in [0.29, 0.717) is 26.1 Å². The summed E-state index contributed by atoms with van der Waals surface area (Å²) in [5, 5.41) is 18.1. The quantitative estimate of drug-likeness (QED) is 0.790. The Hall–Kier alpha value is -1.34. The largest absolute Gasteiger partial charge is 0.481 e. The number of carbonyl (C=O) groups excluding carboxylic acids is 1. The number of aliphatic hydroxyl groups excluding tert-OH is 1. The molecule has 2 saturated heterocycles. The van der Waals surface area contributed by atoms with Crippen molar-refractivity contribution in [1.29, 1.82) is 0 Å². The van der Waals surface area contributed by atoms with Crippen LogP contribution in [0.5, 0.6) is 0 Å². The number of aliphatic hydroxyl groups is 1. The van der Waals surface area contributed by atoms with E-state index in [9.17, 15) is 9.59 Å². The topological polar surface area (TPSA) is 90.3 Å². The Labute approximate surface area is 124 Å². The van der Waals surface area contributed by atoms with Gasteiger partial charge in [-0.25, -0.2) is 4.79 Å². The minimum atomic E-state index is -0.922. The van der Waals surface area contributed by atoms with Crippen LogP contribution in [-0.2, 0) is 9.53 Å². The van der Waals surface area contributed by atoms with Gasteiger partial charge in [0.1, 0.15) is 0 Å². The van der Waals surface area contributed by atoms with Crippen molar-refractivity contribution in [3.8, 4) is 0 Å². The Morgan fingerprint density at radius 1 is 1.14 bits per heavy atom. The number of aliphatic carboxylic acids is 1. The molecule has 0 spiro atoms. The van der Waals surface area contributed by atoms with Crippen LogP contribution < -0.4 is 0 Å². The van der Waals surface area contributed by atoms with Crippen molar-refractivity contribution in [1.82, 2.24) is 9.80 Å². The third-order valence-electron chi connectivity index (χ3n) is 4.22. The summed E-state index contributed by atoms with van der Waals surface area (Å²) in [5.74, 6) is -0.922. The standard InChI is InChI=1S/C14H24N2O5/c17-7-4-11-3-1-2-5-15(11)14(20)16-6-8-21-10-12(16)9-13(18)19/h11-12,17H,1-10H2,(H,18,19). The lowest BCUT2D eigenvalue weighted by molar-refractivity contribution is -0.139. The van der Waals surface area contributed by atoms with Gasteiger partial charge in [0, 0.05) is 25.7 Å². The zero-order valence-electron chi connectivity index (χ0n) is 12.2. The molecule has 0 radical (unpaired) electrons. The minimum absolute atomic E-state index is 0.0598. The van der Waals surface area contributed by atoms with Crippen molar-refractivity contribution in [2.24, 2.45) is 0 Å². The van der Waals surface area contributed by atoms with E-state index in [1.165, 1.54) is 0 Å². The van der Waals surface area contributed by atoms with Crippen molar-refractivity contribution in [2.45, 2.75) is 44.2 Å². The third-order valence-corrected chi connectivity index (χ3v) is 4.22. The Kier molecular flexibility index (Phi) is 5.81. The molecule has 21 heavy (non-hydrogen) atoms. The summed E-state index contributed by atoms with van der Waals surface area (Å²) in [6.07, 6.45) is 3.42. The van der Waals surface area contributed by atoms with E-state index in [4.69, 9.17) is 14.9 Å². The average molecular weight is 300 g/mol. The van der Waals surface area contributed by atoms with Gasteiger partial charge in [0.05, 0.1) is 25.7 Å². The zero-order valence-corrected chi connectivity index (χ0v) is 12.2. The van der Waals surface area contributed by atoms with E-state index in [1.807, 2.05) is 0 Å². The minimum Gasteiger partial charge on any atom is -0.481 e. The molecule has 7 heteroatoms. The number of amides is 2. The van der Waals surface area contributed by atoms with Gasteiger partial charge in [0.2, 0.25) is 0 Å². The Morgan fingerprint density at radius 2 is 1.90 bits per heavy atom. The first-order valence-electron chi connectivity index (χ1n) is 7.61. The fraction of sp³-hybridized carbons (Fsp3) is 0.857. The normalized spacial score (nSPS) is 26.7. The Morgan fingerprint density at radius 3 is 2.62 bits per heavy atom. The van der Waals surface area contributed by atoms with Gasteiger partial charge in [-0.05, 0) is 25.7 Å². The molecular weight excluding hydrogens is 276 g/mol. The SMILES string of the molecule is O=C(O)CC1COCCN1C(=O)N1CCCCC1CCO. The average Bonchev–Trinajstić information content (AvgIpc) is 2.47. The molecule has 0 aromatic heterocycles. The summed E-state index contributed by atoms with van der Waals surface area (Å²) in [7, 11) is 0. The number of carboxylic acids is 1. The van der Waals surface area contributed by atoms with Crippen molar-refractivity contribution >= 4 is 12.0 Å². The van der Waals surface area contributed by atoms with Gasteiger partial charge in [-0.3, -0.25) is 4.79 Å². The highest BCUT2D eigenvalue weighted by molar-refractivity contribution is 5.76. The molecule has 0 aliphatic carbocycles. The maximum absolute atomic E-state index is 12.8. The lowest BCUT2D eigenvalue weighted by Gasteiger charge is -2.42. The fourth-order valence-electron chi connectivity index (χ4n) is 3.14. The van der Waals surface area contributed by atoms with Gasteiger partial charge in [0.25, 0.3) is 0 Å². The summed E-state index contributed by atoms with van der Waals surface area (Å²) < 4.78 is 5.31. The lowest BCUT2D eigenvalue weighted by Crippen LogP contribution is -2.57. The van der Waals surface area contributed by atoms with Gasteiger partial charge in [-0.1, -0.05) is 0 Å². The molecule has 2 unspecified atom stereocenters. The predicted octanol–water partition coefficient (Wildman–Crippen LogP) is 0.519. The molecule has 2 N–H and O–H groups in total. The number of carboxylic acid groups (broad SMARTS) is 1. The molecule has 0 aromatic carbocycles. The lowest BCUT2D eigenvalue weighted by atomic mass is 10.00. The van der Waals surface area contributed by atoms with E-state index in [1.54, 1.807) is 9.80 Å². The molecule has 120 valence electrons. The monoisotopic (exact) mass is 300 g/mol. The second-order valence-electron chi connectivity index (χ2n) is 5.66. The highest BCUT2D eigenvalue weighted by atomic mass is 16.5. The van der Waals surface area contributed by atoms with Crippen LogP contribution in [0.1, 0.15) is 32.1 Å². The molecule has 2 fully saturated rings. The van der Waals surface area contributed by atoms with Gasteiger partial charge >= 0.3 is 12.0 Å². The number of urea groups is 1. The van der Waals surface area contributed by atoms with Crippen LogP contribution in [0.4, 0.5) is 4.79 Å². The second kappa shape index (κ2) is 7.61. The molecule has 2 rings (SSSR count). The smallest absolute Gasteiger partial charge is 0.320 e. The first-order chi connectivity index (χ1) is 10.1. The Bertz CT molecular complexity index is 374. The molecule has 0 saturated carbocycles. The van der Waals surface area contributed by atoms with Crippen LogP contribution >= 0.6 is 0 Å². The van der Waals surface area contributed by atoms with E-state index in [2.05, 4.69) is 0 Å². The van der Waals surface area contributed by atoms with Crippen LogP contribution in [0.3, 0.4) is 0 Å². The number of nitrogens with zero attached hydrogens (tertiary/aromatic N) is 2. The summed E-state index contributed by atoms with van der Waals surface area (Å²) in [6, 6.07) is -0.451. The Balaban J connectivity index is 2.05. The first-order valence-corrected chi connectivity index (χ1v) is 7.61. The van der Waals surface area contributed by atoms with E-state index >= 15 is 0 Å². The summed E-state index contributed by atoms with van der Waals surface area (Å²) >= 11 is 0. The number of piperidine rings is 1. The van der Waals surface area contributed by atoms with Gasteiger partial charge in [-0.2, -0.15) is 0 Å². The number of carbonyl (C=O) groups is 2. The summed E-state index contributed by atoms with van der Waals surface area (Å²) in [5.41, 5.74) is 0. The fourth-order valence-corrected chi connectivity index (χ4v) is 3.14. The van der Waals surface area contributed by atoms with Gasteiger partial charge in [0.15, 0.2) is 0 Å². The predicted molar refractivity (Wildman–Crippen MR) is 75.0 cm³/mol. The maximum atomic E-state index is 12.8. The van der Waals surface area contributed by atoms with Crippen molar-refractivity contribution < 1.29 is 24.5 Å². The van der Waals surface area contributed by atoms with Crippen molar-refractivity contribution in [3.63, 3.8) is 0 Å². The van der Waals surface area contributed by atoms with Crippen molar-refractivity contribution in [2.75, 3.05) is 32.9 Å². The number of hydrogen-bond acceptors (Lipinski definition) is 4. The molecule has 2 heterocycles. The molecule has 0 bridgehead atoms. The first kappa shape index (κ1) is 16.0. The molecule has 0 aromatic rings. The zero-order chi connectivity index (χ0) is 15.2. The van der Waals surface area contributed by atoms with Crippen LogP contribution in [0.2, 0.25) is 0 Å². The van der Waals surface area contributed by atoms with E-state index in [-0.39, 0.29) is 31.7 Å². The highest BCUT2D eigenvalue weighted by Crippen LogP contribution is 2.23. The molecule has 2 aliphatic rings. The number of rotatable bonds is 4. The van der Waals surface area contributed by atoms with Crippen LogP contribution in [-0.4, -0.2) is 77.0 Å². The van der Waals surface area contributed by atoms with E-state index < -0.39 is 12.0 Å². The highest BCUT2D eigenvalue weighted by Gasteiger charge is 2.35. The molecular formula is C14H24N2O5. The van der Waals surface area contributed by atoms with Gasteiger partial charge < -0.3 is 24.7 Å². The van der Waals surface area contributed by atoms with Crippen molar-refractivity contribution in [3.05, 3.63) is 0 Å². The molecule has 2 atom stereocenters. The van der Waals surface area contributed by atoms with Gasteiger partial charge in [-0.15, -0.1) is 0 Å². The molecule has 2 amide bonds. The second-order valence-corrected chi connectivity index (χ2v) is 5.66. The van der Waals surface area contributed by atoms with Crippen LogP contribution in [0.15, 0.2) is 0 Å². The van der Waals surface area contributed by atoms with E-state index in [0.717, 1.165) is 19.3 Å². The third kappa shape index (κ3) is 4.07. The molecule has 7 nitrogen and oxygen atoms in total.